The molecule has 2 rings (SSSR count). The van der Waals surface area contributed by atoms with Gasteiger partial charge in [0.15, 0.2) is 9.84 Å². The molecule has 0 spiro atoms. The molecule has 0 saturated carbocycles. The fourth-order valence-corrected chi connectivity index (χ4v) is 3.56. The van der Waals surface area contributed by atoms with Gasteiger partial charge in [-0.15, -0.1) is 0 Å². The first kappa shape index (κ1) is 16.0. The molecule has 1 unspecified atom stereocenters. The molecule has 21 heavy (non-hydrogen) atoms. The predicted molar refractivity (Wildman–Crippen MR) is 81.8 cm³/mol. The summed E-state index contributed by atoms with van der Waals surface area (Å²) in [5.41, 5.74) is 6.15. The third kappa shape index (κ3) is 3.27. The zero-order valence-corrected chi connectivity index (χ0v) is 13.5. The Hall–Kier alpha value is -1.40. The molecule has 0 aliphatic carbocycles. The number of rotatable bonds is 2. The van der Waals surface area contributed by atoms with Crippen LogP contribution in [0.2, 0.25) is 0 Å². The highest BCUT2D eigenvalue weighted by molar-refractivity contribution is 7.90. The molecule has 1 aliphatic heterocycles. The van der Waals surface area contributed by atoms with Crippen molar-refractivity contribution in [2.45, 2.75) is 31.2 Å². The molecule has 1 amide bonds. The van der Waals surface area contributed by atoms with Crippen molar-refractivity contribution in [3.63, 3.8) is 0 Å². The van der Waals surface area contributed by atoms with Crippen LogP contribution in [0, 0.1) is 5.41 Å². The van der Waals surface area contributed by atoms with Crippen molar-refractivity contribution >= 4 is 15.7 Å². The second kappa shape index (κ2) is 5.42. The molecular weight excluding hydrogens is 288 g/mol. The van der Waals surface area contributed by atoms with Gasteiger partial charge >= 0.3 is 0 Å². The van der Waals surface area contributed by atoms with Gasteiger partial charge in [0.1, 0.15) is 0 Å². The Kier molecular flexibility index (Phi) is 4.13. The van der Waals surface area contributed by atoms with E-state index in [9.17, 15) is 13.2 Å². The average Bonchev–Trinajstić information content (AvgIpc) is 2.40. The highest BCUT2D eigenvalue weighted by Gasteiger charge is 2.36. The molecule has 1 heterocycles. The molecule has 116 valence electrons. The lowest BCUT2D eigenvalue weighted by molar-refractivity contribution is 0.0529. The summed E-state index contributed by atoms with van der Waals surface area (Å²) in [5, 5.41) is 0. The van der Waals surface area contributed by atoms with E-state index >= 15 is 0 Å². The Morgan fingerprint density at radius 2 is 1.95 bits per heavy atom. The van der Waals surface area contributed by atoms with E-state index in [1.165, 1.54) is 6.07 Å². The Morgan fingerprint density at radius 1 is 1.33 bits per heavy atom. The summed E-state index contributed by atoms with van der Waals surface area (Å²) in [7, 11) is -3.43. The molecule has 1 fully saturated rings. The van der Waals surface area contributed by atoms with E-state index in [0.717, 1.165) is 12.7 Å². The Balaban J connectivity index is 2.34. The molecule has 0 bridgehead atoms. The topological polar surface area (TPSA) is 80.5 Å². The molecule has 2 N–H and O–H groups in total. The Bertz CT molecular complexity index is 653. The van der Waals surface area contributed by atoms with Crippen molar-refractivity contribution in [2.24, 2.45) is 11.1 Å². The van der Waals surface area contributed by atoms with E-state index in [0.29, 0.717) is 13.1 Å². The van der Waals surface area contributed by atoms with Gasteiger partial charge < -0.3 is 10.6 Å². The number of nitrogens with two attached hydrogens (primary N) is 1. The first-order valence-corrected chi connectivity index (χ1v) is 8.86. The largest absolute Gasteiger partial charge is 0.338 e. The number of hydrogen-bond acceptors (Lipinski definition) is 4. The molecule has 1 saturated heterocycles. The van der Waals surface area contributed by atoms with Gasteiger partial charge in [0.05, 0.1) is 10.5 Å². The van der Waals surface area contributed by atoms with Crippen molar-refractivity contribution < 1.29 is 13.2 Å². The minimum atomic E-state index is -3.43. The molecule has 5 nitrogen and oxygen atoms in total. The van der Waals surface area contributed by atoms with E-state index in [4.69, 9.17) is 5.73 Å². The maximum absolute atomic E-state index is 12.7. The summed E-state index contributed by atoms with van der Waals surface area (Å²) in [4.78, 5) is 14.5. The maximum atomic E-state index is 12.7. The van der Waals surface area contributed by atoms with Crippen molar-refractivity contribution in [3.8, 4) is 0 Å². The highest BCUT2D eigenvalue weighted by Crippen LogP contribution is 2.29. The number of likely N-dealkylation sites (tertiary alicyclic amines) is 1. The number of hydrogen-bond donors (Lipinski definition) is 1. The fourth-order valence-electron chi connectivity index (χ4n) is 2.68. The van der Waals surface area contributed by atoms with Gasteiger partial charge in [-0.1, -0.05) is 26.0 Å². The van der Waals surface area contributed by atoms with Crippen LogP contribution in [-0.2, 0) is 9.84 Å². The average molecular weight is 310 g/mol. The fraction of sp³-hybridized carbons (Fsp3) is 0.533. The van der Waals surface area contributed by atoms with Gasteiger partial charge in [-0.3, -0.25) is 4.79 Å². The summed E-state index contributed by atoms with van der Waals surface area (Å²) in [6.45, 7) is 5.14. The van der Waals surface area contributed by atoms with Crippen LogP contribution >= 0.6 is 0 Å². The van der Waals surface area contributed by atoms with Crippen LogP contribution in [0.3, 0.4) is 0 Å². The lowest BCUT2D eigenvalue weighted by atomic mass is 9.79. The van der Waals surface area contributed by atoms with Crippen LogP contribution in [-0.4, -0.2) is 44.6 Å². The van der Waals surface area contributed by atoms with Crippen molar-refractivity contribution in [2.75, 3.05) is 19.3 Å². The molecular formula is C15H22N2O3S. The van der Waals surface area contributed by atoms with E-state index in [-0.39, 0.29) is 27.8 Å². The minimum absolute atomic E-state index is 0.0479. The second-order valence-corrected chi connectivity index (χ2v) is 8.36. The number of carbonyl (C=O) groups is 1. The molecule has 6 heteroatoms. The summed E-state index contributed by atoms with van der Waals surface area (Å²) >= 11 is 0. The maximum Gasteiger partial charge on any atom is 0.255 e. The van der Waals surface area contributed by atoms with E-state index < -0.39 is 9.84 Å². The minimum Gasteiger partial charge on any atom is -0.338 e. The third-order valence-corrected chi connectivity index (χ3v) is 5.27. The summed E-state index contributed by atoms with van der Waals surface area (Å²) < 4.78 is 23.7. The van der Waals surface area contributed by atoms with Gasteiger partial charge in [0.2, 0.25) is 0 Å². The van der Waals surface area contributed by atoms with Gasteiger partial charge in [-0.05, 0) is 24.0 Å². The molecule has 1 aliphatic rings. The van der Waals surface area contributed by atoms with Crippen molar-refractivity contribution in [1.82, 2.24) is 4.90 Å². The second-order valence-electron chi connectivity index (χ2n) is 6.38. The number of benzene rings is 1. The standard InChI is InChI=1S/C15H22N2O3S/c1-15(2)10-17(9-8-13(15)16)14(18)11-6-4-5-7-12(11)21(3,19)20/h4-7,13H,8-10,16H2,1-3H3. The van der Waals surface area contributed by atoms with E-state index in [2.05, 4.69) is 0 Å². The van der Waals surface area contributed by atoms with Crippen LogP contribution in [0.4, 0.5) is 0 Å². The number of piperidine rings is 1. The summed E-state index contributed by atoms with van der Waals surface area (Å²) in [6.07, 6.45) is 1.84. The molecule has 1 aromatic carbocycles. The summed E-state index contributed by atoms with van der Waals surface area (Å²) in [5.74, 6) is -0.240. The van der Waals surface area contributed by atoms with Crippen molar-refractivity contribution in [1.29, 1.82) is 0 Å². The number of carbonyl (C=O) groups excluding carboxylic acids is 1. The smallest absolute Gasteiger partial charge is 0.255 e. The van der Waals surface area contributed by atoms with Crippen LogP contribution in [0.15, 0.2) is 29.2 Å². The number of sulfone groups is 1. The Labute approximate surface area is 126 Å². The van der Waals surface area contributed by atoms with Gasteiger partial charge in [-0.25, -0.2) is 8.42 Å². The van der Waals surface area contributed by atoms with E-state index in [1.54, 1.807) is 23.1 Å². The lowest BCUT2D eigenvalue weighted by Gasteiger charge is -2.42. The number of nitrogens with zero attached hydrogens (tertiary/aromatic N) is 1. The summed E-state index contributed by atoms with van der Waals surface area (Å²) in [6, 6.07) is 6.40. The normalized spacial score (nSPS) is 22.1. The zero-order chi connectivity index (χ0) is 15.8. The van der Waals surface area contributed by atoms with Crippen LogP contribution < -0.4 is 5.73 Å². The lowest BCUT2D eigenvalue weighted by Crippen LogP contribution is -2.54. The third-order valence-electron chi connectivity index (χ3n) is 4.12. The molecule has 0 aromatic heterocycles. The monoisotopic (exact) mass is 310 g/mol. The van der Waals surface area contributed by atoms with E-state index in [1.807, 2.05) is 13.8 Å². The van der Waals surface area contributed by atoms with Crippen LogP contribution in [0.5, 0.6) is 0 Å². The molecule has 0 radical (unpaired) electrons. The van der Waals surface area contributed by atoms with Crippen LogP contribution in [0.25, 0.3) is 0 Å². The Morgan fingerprint density at radius 3 is 2.52 bits per heavy atom. The van der Waals surface area contributed by atoms with Gasteiger partial charge in [0.25, 0.3) is 5.91 Å². The first-order chi connectivity index (χ1) is 9.63. The van der Waals surface area contributed by atoms with Gasteiger partial charge in [-0.2, -0.15) is 0 Å². The molecule has 1 aromatic rings. The van der Waals surface area contributed by atoms with Gasteiger partial charge in [0, 0.05) is 25.4 Å². The number of amides is 1. The molecule has 1 atom stereocenters. The zero-order valence-electron chi connectivity index (χ0n) is 12.7. The predicted octanol–water partition coefficient (Wildman–Crippen LogP) is 1.29. The van der Waals surface area contributed by atoms with Crippen molar-refractivity contribution in [3.05, 3.63) is 29.8 Å². The SMILES string of the molecule is CC1(C)CN(C(=O)c2ccccc2S(C)(=O)=O)CCC1N. The van der Waals surface area contributed by atoms with Crippen LogP contribution in [0.1, 0.15) is 30.6 Å². The first-order valence-electron chi connectivity index (χ1n) is 6.97. The highest BCUT2D eigenvalue weighted by atomic mass is 32.2. The quantitative estimate of drug-likeness (QED) is 0.892.